The first-order chi connectivity index (χ1) is 11.7. The minimum Gasteiger partial charge on any atom is -0.492 e. The van der Waals surface area contributed by atoms with E-state index >= 15 is 0 Å². The van der Waals surface area contributed by atoms with Crippen LogP contribution in [0.25, 0.3) is 0 Å². The molecule has 1 amide bonds. The molecule has 2 rings (SSSR count). The molecule has 1 aromatic rings. The normalized spacial score (nSPS) is 15.8. The topological polar surface area (TPSA) is 38.3 Å². The van der Waals surface area contributed by atoms with Crippen LogP contribution in [-0.2, 0) is 0 Å². The number of hydrogen-bond donors (Lipinski definition) is 1. The molecule has 0 heterocycles. The molecule has 24 heavy (non-hydrogen) atoms. The smallest absolute Gasteiger partial charge is 0.251 e. The van der Waals surface area contributed by atoms with E-state index < -0.39 is 0 Å². The summed E-state index contributed by atoms with van der Waals surface area (Å²) in [5.74, 6) is 0.842. The molecule has 1 aromatic carbocycles. The Bertz CT molecular complexity index is 510. The first-order valence-electron chi connectivity index (χ1n) is 9.44. The van der Waals surface area contributed by atoms with E-state index in [4.69, 9.17) is 4.74 Å². The molecule has 0 bridgehead atoms. The molecule has 1 fully saturated rings. The van der Waals surface area contributed by atoms with Gasteiger partial charge in [-0.15, -0.1) is 0 Å². The fourth-order valence-electron chi connectivity index (χ4n) is 3.16. The third kappa shape index (κ3) is 6.46. The fraction of sp³-hybridized carbons (Fsp3) is 0.650. The minimum absolute atomic E-state index is 0.0251. The Morgan fingerprint density at radius 3 is 2.58 bits per heavy atom. The van der Waals surface area contributed by atoms with Crippen LogP contribution in [0, 0.1) is 0 Å². The van der Waals surface area contributed by atoms with Gasteiger partial charge in [0.25, 0.3) is 5.91 Å². The summed E-state index contributed by atoms with van der Waals surface area (Å²) >= 11 is 3.53. The van der Waals surface area contributed by atoms with E-state index in [0.29, 0.717) is 11.6 Å². The van der Waals surface area contributed by atoms with Crippen LogP contribution in [0.3, 0.4) is 0 Å². The average molecular weight is 396 g/mol. The third-order valence-corrected chi connectivity index (χ3v) is 5.26. The van der Waals surface area contributed by atoms with E-state index in [1.165, 1.54) is 44.9 Å². The molecule has 1 aliphatic carbocycles. The molecule has 0 aliphatic heterocycles. The van der Waals surface area contributed by atoms with Gasteiger partial charge in [0.1, 0.15) is 5.75 Å². The third-order valence-electron chi connectivity index (χ3n) is 4.64. The Balaban J connectivity index is 1.84. The minimum atomic E-state index is 0.0251. The fourth-order valence-corrected chi connectivity index (χ4v) is 3.66. The van der Waals surface area contributed by atoms with Crippen LogP contribution in [0.2, 0.25) is 0 Å². The lowest BCUT2D eigenvalue weighted by atomic mass is 10.1. The number of hydrogen-bond acceptors (Lipinski definition) is 2. The van der Waals surface area contributed by atoms with Crippen molar-refractivity contribution in [2.24, 2.45) is 0 Å². The van der Waals surface area contributed by atoms with E-state index in [2.05, 4.69) is 28.2 Å². The SMILES string of the molecule is CCCCCCOc1ccc(C(=O)NC2CCCCCC2)cc1Br. The van der Waals surface area contributed by atoms with Crippen molar-refractivity contribution in [2.45, 2.75) is 77.2 Å². The van der Waals surface area contributed by atoms with Crippen molar-refractivity contribution in [1.82, 2.24) is 5.32 Å². The number of carbonyl (C=O) groups excluding carboxylic acids is 1. The van der Waals surface area contributed by atoms with Crippen molar-refractivity contribution >= 4 is 21.8 Å². The number of nitrogens with one attached hydrogen (secondary N) is 1. The molecular weight excluding hydrogens is 366 g/mol. The number of carbonyl (C=O) groups is 1. The maximum absolute atomic E-state index is 12.4. The van der Waals surface area contributed by atoms with Gasteiger partial charge in [0.15, 0.2) is 0 Å². The monoisotopic (exact) mass is 395 g/mol. The number of benzene rings is 1. The van der Waals surface area contributed by atoms with E-state index in [-0.39, 0.29) is 5.91 Å². The highest BCUT2D eigenvalue weighted by atomic mass is 79.9. The Hall–Kier alpha value is -1.03. The summed E-state index contributed by atoms with van der Waals surface area (Å²) in [6.45, 7) is 2.93. The van der Waals surface area contributed by atoms with Gasteiger partial charge in [0, 0.05) is 11.6 Å². The zero-order valence-corrected chi connectivity index (χ0v) is 16.4. The number of halogens is 1. The molecular formula is C20H30BrNO2. The van der Waals surface area contributed by atoms with Crippen LogP contribution in [0.15, 0.2) is 22.7 Å². The molecule has 134 valence electrons. The summed E-state index contributed by atoms with van der Waals surface area (Å²) < 4.78 is 6.66. The summed E-state index contributed by atoms with van der Waals surface area (Å²) in [4.78, 5) is 12.4. The maximum Gasteiger partial charge on any atom is 0.251 e. The molecule has 1 saturated carbocycles. The van der Waals surface area contributed by atoms with E-state index in [9.17, 15) is 4.79 Å². The number of ether oxygens (including phenoxy) is 1. The van der Waals surface area contributed by atoms with Crippen LogP contribution in [0.1, 0.15) is 81.5 Å². The van der Waals surface area contributed by atoms with Crippen molar-refractivity contribution < 1.29 is 9.53 Å². The van der Waals surface area contributed by atoms with Gasteiger partial charge in [-0.05, 0) is 53.4 Å². The average Bonchev–Trinajstić information content (AvgIpc) is 2.84. The molecule has 0 aromatic heterocycles. The van der Waals surface area contributed by atoms with Crippen LogP contribution in [0.5, 0.6) is 5.75 Å². The molecule has 1 N–H and O–H groups in total. The van der Waals surface area contributed by atoms with Crippen molar-refractivity contribution in [3.8, 4) is 5.75 Å². The van der Waals surface area contributed by atoms with E-state index in [1.54, 1.807) is 0 Å². The molecule has 1 aliphatic rings. The van der Waals surface area contributed by atoms with Gasteiger partial charge in [0.2, 0.25) is 0 Å². The first kappa shape index (κ1) is 19.3. The predicted molar refractivity (Wildman–Crippen MR) is 103 cm³/mol. The predicted octanol–water partition coefficient (Wildman–Crippen LogP) is 5.86. The van der Waals surface area contributed by atoms with Gasteiger partial charge < -0.3 is 10.1 Å². The van der Waals surface area contributed by atoms with E-state index in [1.807, 2.05) is 18.2 Å². The van der Waals surface area contributed by atoms with Crippen molar-refractivity contribution in [3.63, 3.8) is 0 Å². The first-order valence-corrected chi connectivity index (χ1v) is 10.2. The summed E-state index contributed by atoms with van der Waals surface area (Å²) in [6, 6.07) is 5.95. The Labute approximate surface area is 154 Å². The van der Waals surface area contributed by atoms with Gasteiger partial charge in [-0.2, -0.15) is 0 Å². The van der Waals surface area contributed by atoms with Gasteiger partial charge in [-0.1, -0.05) is 51.9 Å². The van der Waals surface area contributed by atoms with Crippen LogP contribution in [-0.4, -0.2) is 18.6 Å². The number of amides is 1. The molecule has 3 nitrogen and oxygen atoms in total. The Morgan fingerprint density at radius 1 is 1.17 bits per heavy atom. The Morgan fingerprint density at radius 2 is 1.92 bits per heavy atom. The highest BCUT2D eigenvalue weighted by Crippen LogP contribution is 2.26. The van der Waals surface area contributed by atoms with Crippen LogP contribution < -0.4 is 10.1 Å². The van der Waals surface area contributed by atoms with Crippen molar-refractivity contribution in [1.29, 1.82) is 0 Å². The standard InChI is InChI=1S/C20H30BrNO2/c1-2-3-4-9-14-24-19-13-12-16(15-18(19)21)20(23)22-17-10-7-5-6-8-11-17/h12-13,15,17H,2-11,14H2,1H3,(H,22,23). The van der Waals surface area contributed by atoms with E-state index in [0.717, 1.165) is 36.1 Å². The van der Waals surface area contributed by atoms with Crippen molar-refractivity contribution in [2.75, 3.05) is 6.61 Å². The summed E-state index contributed by atoms with van der Waals surface area (Å²) in [5, 5.41) is 3.19. The van der Waals surface area contributed by atoms with Gasteiger partial charge >= 0.3 is 0 Å². The molecule has 0 unspecified atom stereocenters. The molecule has 0 spiro atoms. The molecule has 4 heteroatoms. The highest BCUT2D eigenvalue weighted by molar-refractivity contribution is 9.10. The van der Waals surface area contributed by atoms with Gasteiger partial charge in [-0.25, -0.2) is 0 Å². The zero-order chi connectivity index (χ0) is 17.2. The summed E-state index contributed by atoms with van der Waals surface area (Å²) in [7, 11) is 0. The second-order valence-electron chi connectivity index (χ2n) is 6.72. The second kappa shape index (κ2) is 10.8. The summed E-state index contributed by atoms with van der Waals surface area (Å²) in [5.41, 5.74) is 0.699. The lowest BCUT2D eigenvalue weighted by Gasteiger charge is -2.16. The number of unbranched alkanes of at least 4 members (excludes halogenated alkanes) is 3. The lowest BCUT2D eigenvalue weighted by Crippen LogP contribution is -2.34. The number of rotatable bonds is 8. The lowest BCUT2D eigenvalue weighted by molar-refractivity contribution is 0.0933. The molecule has 0 atom stereocenters. The highest BCUT2D eigenvalue weighted by Gasteiger charge is 2.16. The van der Waals surface area contributed by atoms with Crippen LogP contribution in [0.4, 0.5) is 0 Å². The van der Waals surface area contributed by atoms with Crippen molar-refractivity contribution in [3.05, 3.63) is 28.2 Å². The van der Waals surface area contributed by atoms with Gasteiger partial charge in [0.05, 0.1) is 11.1 Å². The second-order valence-corrected chi connectivity index (χ2v) is 7.57. The zero-order valence-electron chi connectivity index (χ0n) is 14.8. The molecule has 0 saturated heterocycles. The Kier molecular flexibility index (Phi) is 8.65. The largest absolute Gasteiger partial charge is 0.492 e. The van der Waals surface area contributed by atoms with Crippen LogP contribution >= 0.6 is 15.9 Å². The summed E-state index contributed by atoms with van der Waals surface area (Å²) in [6.07, 6.45) is 12.0. The maximum atomic E-state index is 12.4. The quantitative estimate of drug-likeness (QED) is 0.441. The molecule has 0 radical (unpaired) electrons. The van der Waals surface area contributed by atoms with Gasteiger partial charge in [-0.3, -0.25) is 4.79 Å².